The summed E-state index contributed by atoms with van der Waals surface area (Å²) >= 11 is 0. The van der Waals surface area contributed by atoms with Gasteiger partial charge in [-0.15, -0.1) is 0 Å². The molecule has 2 aromatic heterocycles. The van der Waals surface area contributed by atoms with Crippen molar-refractivity contribution in [3.8, 4) is 17.2 Å². The third-order valence-electron chi connectivity index (χ3n) is 8.42. The molecule has 7 nitrogen and oxygen atoms in total. The minimum absolute atomic E-state index is 0.00637. The summed E-state index contributed by atoms with van der Waals surface area (Å²) in [6.07, 6.45) is 5.48. The van der Waals surface area contributed by atoms with Crippen LogP contribution in [0.5, 0.6) is 17.2 Å². The minimum atomic E-state index is -0.00637. The predicted octanol–water partition coefficient (Wildman–Crippen LogP) is 10.6. The maximum atomic E-state index is 9.62. The van der Waals surface area contributed by atoms with E-state index in [1.807, 2.05) is 97.1 Å². The molecule has 0 radical (unpaired) electrons. The van der Waals surface area contributed by atoms with Gasteiger partial charge in [-0.05, 0) is 131 Å². The number of ether oxygens (including phenoxy) is 3. The summed E-state index contributed by atoms with van der Waals surface area (Å²) < 4.78 is 28.1. The molecule has 7 aromatic rings. The number of methoxy groups -OCH3 is 1. The largest absolute Gasteiger partial charge is 0.497 e. The van der Waals surface area contributed by atoms with Gasteiger partial charge in [-0.2, -0.15) is 0 Å². The fourth-order valence-corrected chi connectivity index (χ4v) is 5.71. The lowest BCUT2D eigenvalue weighted by Gasteiger charge is -2.26. The molecular weight excluding hydrogens is 638 g/mol. The van der Waals surface area contributed by atoms with Crippen molar-refractivity contribution in [2.45, 2.75) is 19.8 Å². The molecule has 0 aliphatic carbocycles. The number of furan rings is 2. The van der Waals surface area contributed by atoms with Crippen LogP contribution >= 0.6 is 0 Å². The highest BCUT2D eigenvalue weighted by molar-refractivity contribution is 5.92. The topological polar surface area (TPSA) is 77.4 Å². The Hall–Kier alpha value is -6.44. The number of aliphatic hydroxyl groups excluding tert-OH is 1. The molecule has 0 fully saturated rings. The van der Waals surface area contributed by atoms with Crippen molar-refractivity contribution in [1.82, 2.24) is 0 Å². The van der Waals surface area contributed by atoms with Crippen LogP contribution in [0.15, 0.2) is 167 Å². The molecule has 0 bridgehead atoms. The molecule has 0 saturated heterocycles. The van der Waals surface area contributed by atoms with E-state index >= 15 is 0 Å². The molecule has 2 heterocycles. The lowest BCUT2D eigenvalue weighted by atomic mass is 9.95. The second-order valence-corrected chi connectivity index (χ2v) is 11.8. The van der Waals surface area contributed by atoms with Gasteiger partial charge in [0.1, 0.15) is 42.0 Å². The molecule has 0 atom stereocenters. The van der Waals surface area contributed by atoms with Crippen molar-refractivity contribution in [1.29, 1.82) is 0 Å². The summed E-state index contributed by atoms with van der Waals surface area (Å²) in [5, 5.41) is 9.62. The second kappa shape index (κ2) is 15.8. The summed E-state index contributed by atoms with van der Waals surface area (Å²) in [7, 11) is 1.66. The maximum Gasteiger partial charge on any atom is 0.146 e. The van der Waals surface area contributed by atoms with Crippen LogP contribution in [0.25, 0.3) is 11.6 Å². The highest BCUT2D eigenvalue weighted by atomic mass is 16.5. The van der Waals surface area contributed by atoms with Crippen molar-refractivity contribution >= 4 is 28.7 Å². The zero-order valence-corrected chi connectivity index (χ0v) is 28.1. The van der Waals surface area contributed by atoms with Gasteiger partial charge in [-0.25, -0.2) is 0 Å². The summed E-state index contributed by atoms with van der Waals surface area (Å²) in [6, 6.07) is 48.1. The maximum absolute atomic E-state index is 9.62. The lowest BCUT2D eigenvalue weighted by molar-refractivity contribution is 0.270. The quantitative estimate of drug-likeness (QED) is 0.115. The van der Waals surface area contributed by atoms with Gasteiger partial charge in [0.2, 0.25) is 0 Å². The first-order valence-electron chi connectivity index (χ1n) is 16.6. The molecule has 0 amide bonds. The average Bonchev–Trinajstić information content (AvgIpc) is 3.93. The Morgan fingerprint density at radius 1 is 0.569 bits per heavy atom. The summed E-state index contributed by atoms with van der Waals surface area (Å²) in [6.45, 7) is 0.716. The van der Waals surface area contributed by atoms with Gasteiger partial charge in [0.15, 0.2) is 0 Å². The van der Waals surface area contributed by atoms with E-state index in [9.17, 15) is 5.11 Å². The number of benzene rings is 5. The van der Waals surface area contributed by atoms with Gasteiger partial charge in [0, 0.05) is 17.1 Å². The van der Waals surface area contributed by atoms with Crippen LogP contribution in [-0.4, -0.2) is 12.2 Å². The number of aliphatic hydroxyl groups is 1. The Morgan fingerprint density at radius 3 is 1.45 bits per heavy atom. The van der Waals surface area contributed by atoms with Gasteiger partial charge in [0.05, 0.1) is 26.2 Å². The molecule has 0 unspecified atom stereocenters. The summed E-state index contributed by atoms with van der Waals surface area (Å²) in [4.78, 5) is 2.18. The van der Waals surface area contributed by atoms with Crippen molar-refractivity contribution in [3.63, 3.8) is 0 Å². The number of rotatable bonds is 14. The van der Waals surface area contributed by atoms with Crippen molar-refractivity contribution in [2.75, 3.05) is 12.0 Å². The van der Waals surface area contributed by atoms with Crippen LogP contribution in [-0.2, 0) is 19.8 Å². The van der Waals surface area contributed by atoms with Gasteiger partial charge in [0.25, 0.3) is 0 Å². The van der Waals surface area contributed by atoms with E-state index in [2.05, 4.69) is 59.5 Å². The first-order chi connectivity index (χ1) is 25.1. The second-order valence-electron chi connectivity index (χ2n) is 11.8. The predicted molar refractivity (Wildman–Crippen MR) is 200 cm³/mol. The van der Waals surface area contributed by atoms with Gasteiger partial charge >= 0.3 is 0 Å². The Kier molecular flexibility index (Phi) is 10.3. The monoisotopic (exact) mass is 675 g/mol. The fraction of sp³-hybridized carbons (Fsp3) is 0.0909. The molecule has 51 heavy (non-hydrogen) atoms. The number of nitrogens with zero attached hydrogens (tertiary/aromatic N) is 1. The zero-order chi connectivity index (χ0) is 34.8. The molecule has 254 valence electrons. The molecule has 7 rings (SSSR count). The Labute approximate surface area is 297 Å². The standard InChI is InChI=1S/C44H37NO6/c1-47-39-24-18-38(19-25-39)45(37-16-8-33(29-46)9-17-37)36-14-6-32(7-15-36)28-44(34-10-20-40(21-11-34)50-30-42-4-2-26-48-42)35-12-22-41(23-13-35)51-31-43-5-3-27-49-43/h2-28,46H,29-31H2,1H3. The fourth-order valence-electron chi connectivity index (χ4n) is 5.71. The van der Waals surface area contributed by atoms with Crippen LogP contribution in [0.4, 0.5) is 17.1 Å². The molecule has 1 N–H and O–H groups in total. The van der Waals surface area contributed by atoms with Crippen LogP contribution in [0.1, 0.15) is 33.8 Å². The first-order valence-corrected chi connectivity index (χ1v) is 16.6. The van der Waals surface area contributed by atoms with E-state index < -0.39 is 0 Å². The van der Waals surface area contributed by atoms with Crippen molar-refractivity contribution in [3.05, 3.63) is 192 Å². The molecule has 0 spiro atoms. The van der Waals surface area contributed by atoms with Gasteiger partial charge < -0.3 is 33.1 Å². The summed E-state index contributed by atoms with van der Waals surface area (Å²) in [5.41, 5.74) is 7.97. The normalized spacial score (nSPS) is 10.8. The Balaban J connectivity index is 1.19. The highest BCUT2D eigenvalue weighted by Gasteiger charge is 2.14. The van der Waals surface area contributed by atoms with E-state index in [0.29, 0.717) is 13.2 Å². The smallest absolute Gasteiger partial charge is 0.146 e. The van der Waals surface area contributed by atoms with Crippen molar-refractivity contribution < 1.29 is 28.2 Å². The van der Waals surface area contributed by atoms with E-state index in [4.69, 9.17) is 23.0 Å². The number of hydrogen-bond acceptors (Lipinski definition) is 7. The van der Waals surface area contributed by atoms with Gasteiger partial charge in [-0.3, -0.25) is 0 Å². The SMILES string of the molecule is COc1ccc(N(c2ccc(C=C(c3ccc(OCc4ccco4)cc3)c3ccc(OCc4ccco4)cc3)cc2)c2ccc(CO)cc2)cc1. The van der Waals surface area contributed by atoms with Gasteiger partial charge in [-0.1, -0.05) is 48.5 Å². The van der Waals surface area contributed by atoms with E-state index in [1.54, 1.807) is 19.6 Å². The van der Waals surface area contributed by atoms with E-state index in [1.165, 1.54) is 0 Å². The zero-order valence-electron chi connectivity index (χ0n) is 28.1. The minimum Gasteiger partial charge on any atom is -0.497 e. The van der Waals surface area contributed by atoms with Crippen LogP contribution in [0, 0.1) is 0 Å². The van der Waals surface area contributed by atoms with Crippen LogP contribution < -0.4 is 19.1 Å². The van der Waals surface area contributed by atoms with E-state index in [-0.39, 0.29) is 6.61 Å². The Morgan fingerprint density at radius 2 is 1.02 bits per heavy atom. The van der Waals surface area contributed by atoms with Crippen LogP contribution in [0.2, 0.25) is 0 Å². The summed E-state index contributed by atoms with van der Waals surface area (Å²) in [5.74, 6) is 3.84. The average molecular weight is 676 g/mol. The highest BCUT2D eigenvalue weighted by Crippen LogP contribution is 2.36. The molecule has 0 aliphatic heterocycles. The van der Waals surface area contributed by atoms with Crippen LogP contribution in [0.3, 0.4) is 0 Å². The van der Waals surface area contributed by atoms with Crippen molar-refractivity contribution in [2.24, 2.45) is 0 Å². The molecular formula is C44H37NO6. The molecule has 0 saturated carbocycles. The molecule has 7 heteroatoms. The third kappa shape index (κ3) is 8.24. The molecule has 5 aromatic carbocycles. The molecule has 0 aliphatic rings. The van der Waals surface area contributed by atoms with E-state index in [0.717, 1.165) is 73.7 Å². The first kappa shape index (κ1) is 33.1. The lowest BCUT2D eigenvalue weighted by Crippen LogP contribution is -2.10. The number of anilines is 3. The Bertz CT molecular complexity index is 1990. The number of hydrogen-bond donors (Lipinski definition) is 1. The third-order valence-corrected chi connectivity index (χ3v) is 8.42.